The van der Waals surface area contributed by atoms with Crippen LogP contribution < -0.4 is 0 Å². The number of hydrogen-bond acceptors (Lipinski definition) is 3. The first kappa shape index (κ1) is 12.5. The second-order valence-electron chi connectivity index (χ2n) is 4.75. The summed E-state index contributed by atoms with van der Waals surface area (Å²) in [5.41, 5.74) is 2.56. The number of esters is 1. The van der Waals surface area contributed by atoms with E-state index in [4.69, 9.17) is 4.74 Å². The van der Waals surface area contributed by atoms with Crippen LogP contribution in [0.25, 0.3) is 0 Å². The molecular formula is C14H18O2S. The van der Waals surface area contributed by atoms with E-state index in [-0.39, 0.29) is 16.7 Å². The molecule has 0 spiro atoms. The maximum Gasteiger partial charge on any atom is 0.320 e. The maximum atomic E-state index is 11.3. The van der Waals surface area contributed by atoms with E-state index in [9.17, 15) is 4.79 Å². The molecule has 0 saturated carbocycles. The van der Waals surface area contributed by atoms with Crippen molar-refractivity contribution < 1.29 is 9.53 Å². The fourth-order valence-electron chi connectivity index (χ4n) is 1.86. The van der Waals surface area contributed by atoms with E-state index in [0.717, 1.165) is 6.42 Å². The Morgan fingerprint density at radius 3 is 2.41 bits per heavy atom. The van der Waals surface area contributed by atoms with Crippen LogP contribution in [-0.2, 0) is 16.0 Å². The molecule has 2 atom stereocenters. The van der Waals surface area contributed by atoms with Crippen LogP contribution in [0.1, 0.15) is 37.8 Å². The molecule has 0 aromatic heterocycles. The van der Waals surface area contributed by atoms with Crippen LogP contribution >= 0.6 is 11.8 Å². The molecule has 1 aliphatic rings. The smallest absolute Gasteiger partial charge is 0.320 e. The van der Waals surface area contributed by atoms with Gasteiger partial charge in [0.05, 0.1) is 0 Å². The Morgan fingerprint density at radius 1 is 1.29 bits per heavy atom. The van der Waals surface area contributed by atoms with Crippen molar-refractivity contribution in [3.8, 4) is 0 Å². The third kappa shape index (κ3) is 3.03. The maximum absolute atomic E-state index is 11.3. The Morgan fingerprint density at radius 2 is 1.94 bits per heavy atom. The zero-order valence-electron chi connectivity index (χ0n) is 10.5. The van der Waals surface area contributed by atoms with Gasteiger partial charge in [-0.15, -0.1) is 11.8 Å². The predicted octanol–water partition coefficient (Wildman–Crippen LogP) is 3.36. The monoisotopic (exact) mass is 250 g/mol. The largest absolute Gasteiger partial charge is 0.450 e. The minimum Gasteiger partial charge on any atom is -0.450 e. The lowest BCUT2D eigenvalue weighted by molar-refractivity contribution is -0.141. The number of rotatable bonds is 3. The molecule has 1 saturated heterocycles. The van der Waals surface area contributed by atoms with Gasteiger partial charge in [0, 0.05) is 6.42 Å². The van der Waals surface area contributed by atoms with Crippen molar-refractivity contribution in [3.63, 3.8) is 0 Å². The first-order chi connectivity index (χ1) is 8.06. The fraction of sp³-hybridized carbons (Fsp3) is 0.500. The van der Waals surface area contributed by atoms with Crippen molar-refractivity contribution in [3.05, 3.63) is 35.4 Å². The molecule has 2 unspecified atom stereocenters. The first-order valence-corrected chi connectivity index (χ1v) is 6.95. The lowest BCUT2D eigenvalue weighted by Crippen LogP contribution is -2.09. The molecule has 1 fully saturated rings. The average molecular weight is 250 g/mol. The SMILES string of the molecule is CC1SC(Cc2ccc(C(C)C)cc2)OC1=O. The van der Waals surface area contributed by atoms with Crippen molar-refractivity contribution in [1.82, 2.24) is 0 Å². The van der Waals surface area contributed by atoms with Gasteiger partial charge in [-0.1, -0.05) is 38.1 Å². The van der Waals surface area contributed by atoms with Gasteiger partial charge in [-0.25, -0.2) is 0 Å². The van der Waals surface area contributed by atoms with Crippen LogP contribution in [0.3, 0.4) is 0 Å². The molecule has 92 valence electrons. The standard InChI is InChI=1S/C14H18O2S/c1-9(2)12-6-4-11(5-7-12)8-13-16-14(15)10(3)17-13/h4-7,9-10,13H,8H2,1-3H3. The van der Waals surface area contributed by atoms with Gasteiger partial charge in [-0.2, -0.15) is 0 Å². The van der Waals surface area contributed by atoms with E-state index in [1.165, 1.54) is 11.1 Å². The van der Waals surface area contributed by atoms with Crippen LogP contribution in [0.15, 0.2) is 24.3 Å². The van der Waals surface area contributed by atoms with E-state index in [1.54, 1.807) is 11.8 Å². The average Bonchev–Trinajstić information content (AvgIpc) is 2.58. The highest BCUT2D eigenvalue weighted by molar-refractivity contribution is 8.01. The summed E-state index contributed by atoms with van der Waals surface area (Å²) < 4.78 is 5.28. The van der Waals surface area contributed by atoms with Crippen LogP contribution in [0.4, 0.5) is 0 Å². The van der Waals surface area contributed by atoms with Gasteiger partial charge in [0.2, 0.25) is 0 Å². The fourth-order valence-corrected chi connectivity index (χ4v) is 2.92. The second kappa shape index (κ2) is 5.13. The molecule has 1 aromatic rings. The van der Waals surface area contributed by atoms with E-state index < -0.39 is 0 Å². The molecule has 1 heterocycles. The predicted molar refractivity (Wildman–Crippen MR) is 71.2 cm³/mol. The van der Waals surface area contributed by atoms with Crippen molar-refractivity contribution in [2.75, 3.05) is 0 Å². The summed E-state index contributed by atoms with van der Waals surface area (Å²) >= 11 is 1.61. The molecule has 0 aliphatic carbocycles. The first-order valence-electron chi connectivity index (χ1n) is 6.01. The van der Waals surface area contributed by atoms with Crippen molar-refractivity contribution >= 4 is 17.7 Å². The van der Waals surface area contributed by atoms with Crippen LogP contribution in [0.2, 0.25) is 0 Å². The molecule has 2 nitrogen and oxygen atoms in total. The number of cyclic esters (lactones) is 1. The molecule has 1 aliphatic heterocycles. The number of benzene rings is 1. The van der Waals surface area contributed by atoms with E-state index in [2.05, 4.69) is 38.1 Å². The summed E-state index contributed by atoms with van der Waals surface area (Å²) in [7, 11) is 0. The number of ether oxygens (including phenoxy) is 1. The zero-order valence-corrected chi connectivity index (χ0v) is 11.3. The molecular weight excluding hydrogens is 232 g/mol. The Kier molecular flexibility index (Phi) is 3.77. The Bertz CT molecular complexity index is 397. The summed E-state index contributed by atoms with van der Waals surface area (Å²) in [5.74, 6) is 0.474. The van der Waals surface area contributed by atoms with Gasteiger partial charge in [0.25, 0.3) is 0 Å². The van der Waals surface area contributed by atoms with Gasteiger partial charge in [-0.3, -0.25) is 4.79 Å². The quantitative estimate of drug-likeness (QED) is 0.769. The van der Waals surface area contributed by atoms with Crippen LogP contribution in [-0.4, -0.2) is 16.7 Å². The summed E-state index contributed by atoms with van der Waals surface area (Å²) in [5, 5.41) is -0.0186. The number of carbonyl (C=O) groups is 1. The lowest BCUT2D eigenvalue weighted by Gasteiger charge is -2.10. The minimum absolute atomic E-state index is 0.0117. The summed E-state index contributed by atoms with van der Waals surface area (Å²) in [6.07, 6.45) is 0.805. The van der Waals surface area contributed by atoms with Crippen LogP contribution in [0, 0.1) is 0 Å². The molecule has 1 aromatic carbocycles. The molecule has 17 heavy (non-hydrogen) atoms. The normalized spacial score (nSPS) is 24.1. The second-order valence-corrected chi connectivity index (χ2v) is 6.25. The van der Waals surface area contributed by atoms with Gasteiger partial charge < -0.3 is 4.74 Å². The van der Waals surface area contributed by atoms with Crippen LogP contribution in [0.5, 0.6) is 0 Å². The molecule has 2 rings (SSSR count). The van der Waals surface area contributed by atoms with E-state index in [1.807, 2.05) is 6.92 Å². The van der Waals surface area contributed by atoms with E-state index in [0.29, 0.717) is 5.92 Å². The Labute approximate surface area is 107 Å². The highest BCUT2D eigenvalue weighted by atomic mass is 32.2. The number of thioether (sulfide) groups is 1. The molecule has 0 amide bonds. The topological polar surface area (TPSA) is 26.3 Å². The molecule has 3 heteroatoms. The third-order valence-electron chi connectivity index (χ3n) is 2.98. The number of hydrogen-bond donors (Lipinski definition) is 0. The van der Waals surface area contributed by atoms with Gasteiger partial charge in [0.1, 0.15) is 5.25 Å². The van der Waals surface area contributed by atoms with Gasteiger partial charge in [0.15, 0.2) is 5.44 Å². The summed E-state index contributed by atoms with van der Waals surface area (Å²) in [6.45, 7) is 6.27. The molecule has 0 N–H and O–H groups in total. The lowest BCUT2D eigenvalue weighted by atomic mass is 10.0. The zero-order chi connectivity index (χ0) is 12.4. The summed E-state index contributed by atoms with van der Waals surface area (Å²) in [6, 6.07) is 8.58. The molecule has 0 radical (unpaired) electrons. The molecule has 0 bridgehead atoms. The van der Waals surface area contributed by atoms with Gasteiger partial charge in [-0.05, 0) is 24.0 Å². The Hall–Kier alpha value is -0.960. The number of carbonyl (C=O) groups excluding carboxylic acids is 1. The third-order valence-corrected chi connectivity index (χ3v) is 4.15. The van der Waals surface area contributed by atoms with Gasteiger partial charge >= 0.3 is 5.97 Å². The van der Waals surface area contributed by atoms with Crippen molar-refractivity contribution in [2.24, 2.45) is 0 Å². The highest BCUT2D eigenvalue weighted by Gasteiger charge is 2.31. The minimum atomic E-state index is -0.0844. The highest BCUT2D eigenvalue weighted by Crippen LogP contribution is 2.30. The Balaban J connectivity index is 1.98. The van der Waals surface area contributed by atoms with E-state index >= 15 is 0 Å². The summed E-state index contributed by atoms with van der Waals surface area (Å²) in [4.78, 5) is 11.3. The van der Waals surface area contributed by atoms with Crippen molar-refractivity contribution in [2.45, 2.75) is 43.8 Å². The van der Waals surface area contributed by atoms with Crippen molar-refractivity contribution in [1.29, 1.82) is 0 Å².